The van der Waals surface area contributed by atoms with Crippen LogP contribution in [0.2, 0.25) is 0 Å². The van der Waals surface area contributed by atoms with Crippen molar-refractivity contribution >= 4 is 16.7 Å². The Morgan fingerprint density at radius 2 is 1.92 bits per heavy atom. The highest BCUT2D eigenvalue weighted by Crippen LogP contribution is 2.24. The zero-order valence-corrected chi connectivity index (χ0v) is 14.1. The lowest BCUT2D eigenvalue weighted by Gasteiger charge is -2.07. The molecular weight excluding hydrogens is 326 g/mol. The molecule has 6 nitrogen and oxygen atoms in total. The van der Waals surface area contributed by atoms with Crippen LogP contribution < -0.4 is 4.74 Å². The first-order valence-corrected chi connectivity index (χ1v) is 8.25. The van der Waals surface area contributed by atoms with Crippen LogP contribution in [0, 0.1) is 0 Å². The van der Waals surface area contributed by atoms with Crippen molar-refractivity contribution in [3.8, 4) is 22.8 Å². The van der Waals surface area contributed by atoms with E-state index < -0.39 is 0 Å². The minimum Gasteiger partial charge on any atom is -0.497 e. The van der Waals surface area contributed by atoms with Crippen molar-refractivity contribution in [2.45, 2.75) is 0 Å². The third-order valence-corrected chi connectivity index (χ3v) is 4.40. The number of ether oxygens (including phenoxy) is 1. The van der Waals surface area contributed by atoms with Crippen molar-refractivity contribution in [1.29, 1.82) is 0 Å². The van der Waals surface area contributed by atoms with Gasteiger partial charge in [-0.2, -0.15) is 9.61 Å². The van der Waals surface area contributed by atoms with Crippen molar-refractivity contribution in [2.75, 3.05) is 7.11 Å². The summed E-state index contributed by atoms with van der Waals surface area (Å²) in [6, 6.07) is 17.8. The lowest BCUT2D eigenvalue weighted by molar-refractivity contribution is 0.415. The molecule has 0 bridgehead atoms. The predicted molar refractivity (Wildman–Crippen MR) is 99.6 cm³/mol. The summed E-state index contributed by atoms with van der Waals surface area (Å²) in [5, 5.41) is 5.87. The second-order valence-electron chi connectivity index (χ2n) is 5.94. The van der Waals surface area contributed by atoms with Gasteiger partial charge in [0, 0.05) is 23.3 Å². The topological polar surface area (TPSA) is 57.2 Å². The van der Waals surface area contributed by atoms with E-state index in [0.29, 0.717) is 0 Å². The van der Waals surface area contributed by atoms with Crippen LogP contribution >= 0.6 is 0 Å². The Morgan fingerprint density at radius 1 is 0.962 bits per heavy atom. The summed E-state index contributed by atoms with van der Waals surface area (Å²) < 4.78 is 9.15. The van der Waals surface area contributed by atoms with Crippen LogP contribution in [0.3, 0.4) is 0 Å². The summed E-state index contributed by atoms with van der Waals surface area (Å²) in [4.78, 5) is 8.96. The lowest BCUT2D eigenvalue weighted by Crippen LogP contribution is -2.02. The second kappa shape index (κ2) is 5.70. The number of pyridine rings is 1. The van der Waals surface area contributed by atoms with E-state index >= 15 is 0 Å². The molecule has 5 aromatic rings. The van der Waals surface area contributed by atoms with Gasteiger partial charge < -0.3 is 4.74 Å². The number of imidazole rings is 1. The third-order valence-electron chi connectivity index (χ3n) is 4.40. The SMILES string of the molecule is COc1cccc(-c2ccc3ncc(-n4ccc5cccnc54)n3n2)c1. The van der Waals surface area contributed by atoms with E-state index in [4.69, 9.17) is 9.84 Å². The van der Waals surface area contributed by atoms with Crippen molar-refractivity contribution in [2.24, 2.45) is 0 Å². The minimum absolute atomic E-state index is 0.782. The summed E-state index contributed by atoms with van der Waals surface area (Å²) >= 11 is 0. The van der Waals surface area contributed by atoms with Crippen LogP contribution in [-0.2, 0) is 0 Å². The lowest BCUT2D eigenvalue weighted by atomic mass is 10.1. The maximum atomic E-state index is 5.32. The van der Waals surface area contributed by atoms with E-state index in [0.717, 1.165) is 39.5 Å². The Balaban J connectivity index is 1.70. The first-order chi connectivity index (χ1) is 12.8. The van der Waals surface area contributed by atoms with Crippen LogP contribution in [0.5, 0.6) is 5.75 Å². The van der Waals surface area contributed by atoms with Crippen molar-refractivity contribution in [3.05, 3.63) is 73.2 Å². The average Bonchev–Trinajstić information content (AvgIpc) is 3.31. The molecule has 0 atom stereocenters. The summed E-state index contributed by atoms with van der Waals surface area (Å²) in [7, 11) is 1.66. The fourth-order valence-corrected chi connectivity index (χ4v) is 3.11. The van der Waals surface area contributed by atoms with Gasteiger partial charge >= 0.3 is 0 Å². The second-order valence-corrected chi connectivity index (χ2v) is 5.94. The van der Waals surface area contributed by atoms with Crippen LogP contribution in [0.4, 0.5) is 0 Å². The van der Waals surface area contributed by atoms with Gasteiger partial charge in [0.1, 0.15) is 11.4 Å². The number of aromatic nitrogens is 5. The normalized spacial score (nSPS) is 11.3. The molecule has 0 amide bonds. The maximum absolute atomic E-state index is 5.32. The quantitative estimate of drug-likeness (QED) is 0.501. The highest BCUT2D eigenvalue weighted by molar-refractivity contribution is 5.77. The van der Waals surface area contributed by atoms with Gasteiger partial charge in [0.15, 0.2) is 11.5 Å². The predicted octanol–water partition coefficient (Wildman–Crippen LogP) is 3.74. The summed E-state index contributed by atoms with van der Waals surface area (Å²) in [5.41, 5.74) is 3.49. The van der Waals surface area contributed by atoms with Gasteiger partial charge in [-0.25, -0.2) is 9.97 Å². The molecule has 0 saturated carbocycles. The molecule has 0 N–H and O–H groups in total. The van der Waals surface area contributed by atoms with Gasteiger partial charge in [-0.05, 0) is 42.5 Å². The number of hydrogen-bond donors (Lipinski definition) is 0. The zero-order valence-electron chi connectivity index (χ0n) is 14.1. The Hall–Kier alpha value is -3.67. The summed E-state index contributed by atoms with van der Waals surface area (Å²) in [6.45, 7) is 0. The van der Waals surface area contributed by atoms with E-state index in [-0.39, 0.29) is 0 Å². The molecule has 0 radical (unpaired) electrons. The molecule has 26 heavy (non-hydrogen) atoms. The fourth-order valence-electron chi connectivity index (χ4n) is 3.11. The molecule has 4 heterocycles. The highest BCUT2D eigenvalue weighted by Gasteiger charge is 2.11. The Labute approximate surface area is 149 Å². The van der Waals surface area contributed by atoms with Crippen LogP contribution in [0.25, 0.3) is 33.8 Å². The molecule has 0 spiro atoms. The molecular formula is C20H15N5O. The van der Waals surface area contributed by atoms with Crippen LogP contribution in [-0.4, -0.2) is 31.3 Å². The van der Waals surface area contributed by atoms with Gasteiger partial charge in [-0.3, -0.25) is 4.57 Å². The maximum Gasteiger partial charge on any atom is 0.160 e. The molecule has 126 valence electrons. The molecule has 0 fully saturated rings. The Morgan fingerprint density at radius 3 is 2.85 bits per heavy atom. The number of fused-ring (bicyclic) bond motifs is 2. The number of benzene rings is 1. The highest BCUT2D eigenvalue weighted by atomic mass is 16.5. The average molecular weight is 341 g/mol. The third kappa shape index (κ3) is 2.23. The molecule has 0 aliphatic heterocycles. The van der Waals surface area contributed by atoms with Gasteiger partial charge in [0.05, 0.1) is 19.0 Å². The first kappa shape index (κ1) is 14.7. The largest absolute Gasteiger partial charge is 0.497 e. The van der Waals surface area contributed by atoms with Gasteiger partial charge in [0.2, 0.25) is 0 Å². The van der Waals surface area contributed by atoms with Crippen LogP contribution in [0.1, 0.15) is 0 Å². The molecule has 0 saturated heterocycles. The van der Waals surface area contributed by atoms with E-state index in [1.54, 1.807) is 13.3 Å². The van der Waals surface area contributed by atoms with Crippen LogP contribution in [0.15, 0.2) is 73.2 Å². The van der Waals surface area contributed by atoms with Gasteiger partial charge in [-0.1, -0.05) is 12.1 Å². The number of nitrogens with zero attached hydrogens (tertiary/aromatic N) is 5. The van der Waals surface area contributed by atoms with E-state index in [1.165, 1.54) is 0 Å². The zero-order chi connectivity index (χ0) is 17.5. The molecule has 5 rings (SSSR count). The molecule has 6 heteroatoms. The smallest absolute Gasteiger partial charge is 0.160 e. The van der Waals surface area contributed by atoms with Gasteiger partial charge in [-0.15, -0.1) is 0 Å². The summed E-state index contributed by atoms with van der Waals surface area (Å²) in [5.74, 6) is 1.65. The first-order valence-electron chi connectivity index (χ1n) is 8.25. The number of rotatable bonds is 3. The number of methoxy groups -OCH3 is 1. The Kier molecular flexibility index (Phi) is 3.21. The van der Waals surface area contributed by atoms with Gasteiger partial charge in [0.25, 0.3) is 0 Å². The van der Waals surface area contributed by atoms with E-state index in [1.807, 2.05) is 76.1 Å². The van der Waals surface area contributed by atoms with Crippen molar-refractivity contribution in [1.82, 2.24) is 24.1 Å². The fraction of sp³-hybridized carbons (Fsp3) is 0.0500. The van der Waals surface area contributed by atoms with Crippen molar-refractivity contribution < 1.29 is 4.74 Å². The molecule has 4 aromatic heterocycles. The Bertz CT molecular complexity index is 1240. The molecule has 0 unspecified atom stereocenters. The minimum atomic E-state index is 0.782. The molecule has 0 aliphatic carbocycles. The standard InChI is InChI=1S/C20H15N5O/c1-26-16-6-2-4-15(12-16)17-7-8-18-22-13-19(25(18)23-17)24-11-9-14-5-3-10-21-20(14)24/h2-13H,1H3. The van der Waals surface area contributed by atoms with E-state index in [2.05, 4.69) is 9.97 Å². The molecule has 0 aliphatic rings. The number of hydrogen-bond acceptors (Lipinski definition) is 4. The monoisotopic (exact) mass is 341 g/mol. The molecule has 1 aromatic carbocycles. The van der Waals surface area contributed by atoms with Crippen molar-refractivity contribution in [3.63, 3.8) is 0 Å². The van der Waals surface area contributed by atoms with E-state index in [9.17, 15) is 0 Å². The summed E-state index contributed by atoms with van der Waals surface area (Å²) in [6.07, 6.45) is 5.59.